The SMILES string of the molecule is CCc1nnsc1C(=O)NCc1ccc(OC(C)C)nc1. The fourth-order valence-electron chi connectivity index (χ4n) is 1.70. The summed E-state index contributed by atoms with van der Waals surface area (Å²) in [5.74, 6) is 0.435. The van der Waals surface area contributed by atoms with E-state index in [1.165, 1.54) is 0 Å². The van der Waals surface area contributed by atoms with Gasteiger partial charge in [-0.2, -0.15) is 0 Å². The Morgan fingerprint density at radius 1 is 1.43 bits per heavy atom. The Morgan fingerprint density at radius 3 is 2.86 bits per heavy atom. The maximum absolute atomic E-state index is 12.0. The van der Waals surface area contributed by atoms with Gasteiger partial charge in [0.2, 0.25) is 5.88 Å². The first-order chi connectivity index (χ1) is 10.1. The van der Waals surface area contributed by atoms with E-state index in [1.54, 1.807) is 12.3 Å². The highest BCUT2D eigenvalue weighted by molar-refractivity contribution is 7.08. The lowest BCUT2D eigenvalue weighted by Gasteiger charge is -2.09. The van der Waals surface area contributed by atoms with Crippen molar-refractivity contribution in [1.82, 2.24) is 19.9 Å². The molecule has 0 unspecified atom stereocenters. The molecule has 0 bridgehead atoms. The maximum Gasteiger partial charge on any atom is 0.265 e. The van der Waals surface area contributed by atoms with E-state index in [9.17, 15) is 4.79 Å². The van der Waals surface area contributed by atoms with E-state index in [2.05, 4.69) is 19.9 Å². The molecule has 2 rings (SSSR count). The van der Waals surface area contributed by atoms with Crippen molar-refractivity contribution in [3.05, 3.63) is 34.5 Å². The molecule has 0 aliphatic carbocycles. The zero-order chi connectivity index (χ0) is 15.2. The molecule has 0 aliphatic rings. The van der Waals surface area contributed by atoms with Gasteiger partial charge in [-0.05, 0) is 37.4 Å². The van der Waals surface area contributed by atoms with E-state index in [1.807, 2.05) is 26.8 Å². The Labute approximate surface area is 127 Å². The second kappa shape index (κ2) is 7.12. The van der Waals surface area contributed by atoms with Crippen molar-refractivity contribution >= 4 is 17.4 Å². The number of carbonyl (C=O) groups is 1. The van der Waals surface area contributed by atoms with Crippen LogP contribution in [0.15, 0.2) is 18.3 Å². The van der Waals surface area contributed by atoms with Crippen LogP contribution in [0, 0.1) is 0 Å². The predicted octanol–water partition coefficient (Wildman–Crippen LogP) is 2.21. The average Bonchev–Trinajstić information content (AvgIpc) is 2.94. The minimum absolute atomic E-state index is 0.0920. The molecule has 7 heteroatoms. The standard InChI is InChI=1S/C14H18N4O2S/c1-4-11-13(21-18-17-11)14(19)16-8-10-5-6-12(15-7-10)20-9(2)3/h5-7,9H,4,8H2,1-3H3,(H,16,19). The first-order valence-electron chi connectivity index (χ1n) is 6.81. The van der Waals surface area contributed by atoms with Crippen molar-refractivity contribution < 1.29 is 9.53 Å². The zero-order valence-electron chi connectivity index (χ0n) is 12.3. The van der Waals surface area contributed by atoms with Crippen molar-refractivity contribution in [2.75, 3.05) is 0 Å². The van der Waals surface area contributed by atoms with Crippen LogP contribution in [0.2, 0.25) is 0 Å². The quantitative estimate of drug-likeness (QED) is 0.885. The van der Waals surface area contributed by atoms with Crippen LogP contribution in [0.4, 0.5) is 0 Å². The number of pyridine rings is 1. The number of amides is 1. The fourth-order valence-corrected chi connectivity index (χ4v) is 2.37. The summed E-state index contributed by atoms with van der Waals surface area (Å²) in [6, 6.07) is 3.68. The monoisotopic (exact) mass is 306 g/mol. The van der Waals surface area contributed by atoms with Crippen LogP contribution in [0.5, 0.6) is 5.88 Å². The van der Waals surface area contributed by atoms with Gasteiger partial charge in [-0.1, -0.05) is 17.5 Å². The lowest BCUT2D eigenvalue weighted by Crippen LogP contribution is -2.23. The molecule has 0 saturated heterocycles. The van der Waals surface area contributed by atoms with Gasteiger partial charge in [0.05, 0.1) is 11.8 Å². The smallest absolute Gasteiger partial charge is 0.265 e. The fraction of sp³-hybridized carbons (Fsp3) is 0.429. The molecule has 1 N–H and O–H groups in total. The van der Waals surface area contributed by atoms with Gasteiger partial charge >= 0.3 is 0 Å². The number of ether oxygens (including phenoxy) is 1. The predicted molar refractivity (Wildman–Crippen MR) is 80.5 cm³/mol. The Hall–Kier alpha value is -2.02. The van der Waals surface area contributed by atoms with Crippen LogP contribution in [0.1, 0.15) is 41.7 Å². The summed E-state index contributed by atoms with van der Waals surface area (Å²) in [5, 5.41) is 6.78. The molecular formula is C14H18N4O2S. The summed E-state index contributed by atoms with van der Waals surface area (Å²) in [6.45, 7) is 6.26. The number of hydrogen-bond donors (Lipinski definition) is 1. The van der Waals surface area contributed by atoms with Crippen LogP contribution in [-0.4, -0.2) is 26.6 Å². The lowest BCUT2D eigenvalue weighted by atomic mass is 10.2. The number of aryl methyl sites for hydroxylation is 1. The van der Waals surface area contributed by atoms with Gasteiger partial charge in [-0.3, -0.25) is 4.79 Å². The van der Waals surface area contributed by atoms with Crippen molar-refractivity contribution in [1.29, 1.82) is 0 Å². The van der Waals surface area contributed by atoms with E-state index in [-0.39, 0.29) is 12.0 Å². The molecular weight excluding hydrogens is 288 g/mol. The molecule has 0 aliphatic heterocycles. The summed E-state index contributed by atoms with van der Waals surface area (Å²) >= 11 is 1.12. The summed E-state index contributed by atoms with van der Waals surface area (Å²) in [7, 11) is 0. The third-order valence-electron chi connectivity index (χ3n) is 2.70. The third-order valence-corrected chi connectivity index (χ3v) is 3.47. The van der Waals surface area contributed by atoms with Gasteiger partial charge in [0.1, 0.15) is 4.88 Å². The molecule has 1 amide bonds. The van der Waals surface area contributed by atoms with E-state index in [0.29, 0.717) is 23.7 Å². The van der Waals surface area contributed by atoms with Gasteiger partial charge in [-0.25, -0.2) is 4.98 Å². The summed E-state index contributed by atoms with van der Waals surface area (Å²) in [6.07, 6.45) is 2.49. The van der Waals surface area contributed by atoms with Crippen molar-refractivity contribution in [2.45, 2.75) is 39.8 Å². The van der Waals surface area contributed by atoms with E-state index in [4.69, 9.17) is 4.74 Å². The zero-order valence-corrected chi connectivity index (χ0v) is 13.1. The van der Waals surface area contributed by atoms with E-state index < -0.39 is 0 Å². The molecule has 0 radical (unpaired) electrons. The molecule has 21 heavy (non-hydrogen) atoms. The van der Waals surface area contributed by atoms with Crippen LogP contribution < -0.4 is 10.1 Å². The minimum atomic E-state index is -0.149. The van der Waals surface area contributed by atoms with Crippen molar-refractivity contribution in [3.8, 4) is 5.88 Å². The van der Waals surface area contributed by atoms with Crippen molar-refractivity contribution in [3.63, 3.8) is 0 Å². The number of rotatable bonds is 6. The molecule has 0 saturated carbocycles. The second-order valence-corrected chi connectivity index (χ2v) is 5.51. The number of nitrogens with one attached hydrogen (secondary N) is 1. The van der Waals surface area contributed by atoms with Gasteiger partial charge in [-0.15, -0.1) is 5.10 Å². The Morgan fingerprint density at radius 2 is 2.24 bits per heavy atom. The van der Waals surface area contributed by atoms with E-state index in [0.717, 1.165) is 22.8 Å². The van der Waals surface area contributed by atoms with Gasteiger partial charge in [0, 0.05) is 18.8 Å². The average molecular weight is 306 g/mol. The van der Waals surface area contributed by atoms with Crippen LogP contribution in [0.3, 0.4) is 0 Å². The number of hydrogen-bond acceptors (Lipinski definition) is 6. The minimum Gasteiger partial charge on any atom is -0.475 e. The Kier molecular flexibility index (Phi) is 5.21. The number of carbonyl (C=O) groups excluding carboxylic acids is 1. The van der Waals surface area contributed by atoms with Crippen LogP contribution in [-0.2, 0) is 13.0 Å². The number of aromatic nitrogens is 3. The maximum atomic E-state index is 12.0. The lowest BCUT2D eigenvalue weighted by molar-refractivity contribution is 0.0954. The van der Waals surface area contributed by atoms with E-state index >= 15 is 0 Å². The van der Waals surface area contributed by atoms with Crippen molar-refractivity contribution in [2.24, 2.45) is 0 Å². The third kappa shape index (κ3) is 4.22. The highest BCUT2D eigenvalue weighted by atomic mass is 32.1. The highest BCUT2D eigenvalue weighted by Gasteiger charge is 2.14. The summed E-state index contributed by atoms with van der Waals surface area (Å²) < 4.78 is 9.28. The first-order valence-corrected chi connectivity index (χ1v) is 7.58. The summed E-state index contributed by atoms with van der Waals surface area (Å²) in [4.78, 5) is 16.8. The molecule has 0 spiro atoms. The molecule has 112 valence electrons. The molecule has 0 fully saturated rings. The topological polar surface area (TPSA) is 77.0 Å². The van der Waals surface area contributed by atoms with Gasteiger partial charge in [0.15, 0.2) is 0 Å². The molecule has 0 atom stereocenters. The van der Waals surface area contributed by atoms with Crippen LogP contribution in [0.25, 0.3) is 0 Å². The highest BCUT2D eigenvalue weighted by Crippen LogP contribution is 2.12. The van der Waals surface area contributed by atoms with Crippen LogP contribution >= 0.6 is 11.5 Å². The largest absolute Gasteiger partial charge is 0.475 e. The second-order valence-electron chi connectivity index (χ2n) is 4.76. The summed E-state index contributed by atoms with van der Waals surface area (Å²) in [5.41, 5.74) is 1.64. The number of nitrogens with zero attached hydrogens (tertiary/aromatic N) is 3. The molecule has 2 heterocycles. The molecule has 6 nitrogen and oxygen atoms in total. The normalized spacial score (nSPS) is 10.7. The van der Waals surface area contributed by atoms with Gasteiger partial charge in [0.25, 0.3) is 5.91 Å². The molecule has 2 aromatic heterocycles. The molecule has 0 aromatic carbocycles. The molecule has 2 aromatic rings. The Bertz CT molecular complexity index is 595. The Balaban J connectivity index is 1.92. The van der Waals surface area contributed by atoms with Gasteiger partial charge < -0.3 is 10.1 Å². The first kappa shape index (κ1) is 15.4.